The van der Waals surface area contributed by atoms with E-state index in [1.54, 1.807) is 18.2 Å². The molecule has 0 spiro atoms. The number of carbonyl (C=O) groups excluding carboxylic acids is 2. The first kappa shape index (κ1) is 15.7. The topological polar surface area (TPSA) is 75.6 Å². The Morgan fingerprint density at radius 2 is 2.15 bits per heavy atom. The molecule has 0 fully saturated rings. The number of aryl methyl sites for hydroxylation is 1. The van der Waals surface area contributed by atoms with Crippen molar-refractivity contribution in [3.8, 4) is 11.8 Å². The van der Waals surface area contributed by atoms with Crippen LogP contribution in [-0.4, -0.2) is 37.2 Å². The van der Waals surface area contributed by atoms with Crippen LogP contribution in [-0.2, 0) is 9.53 Å². The van der Waals surface area contributed by atoms with Gasteiger partial charge in [-0.25, -0.2) is 0 Å². The standard InChI is InChI=1S/C15H17NO4/c1-11-5-6-13(10-12(11)4-3-9-17)15(19)16-8-7-14(18)20-2/h5-6,10,17H,7-9H2,1-2H3,(H,16,19). The first-order valence-corrected chi connectivity index (χ1v) is 6.14. The van der Waals surface area contributed by atoms with Crippen LogP contribution in [0.5, 0.6) is 0 Å². The molecular weight excluding hydrogens is 258 g/mol. The number of ether oxygens (including phenoxy) is 1. The molecule has 0 aromatic heterocycles. The van der Waals surface area contributed by atoms with Gasteiger partial charge in [0.05, 0.1) is 13.5 Å². The molecule has 0 unspecified atom stereocenters. The van der Waals surface area contributed by atoms with Gasteiger partial charge in [0.2, 0.25) is 0 Å². The Morgan fingerprint density at radius 3 is 2.80 bits per heavy atom. The molecule has 1 amide bonds. The summed E-state index contributed by atoms with van der Waals surface area (Å²) in [7, 11) is 1.30. The fraction of sp³-hybridized carbons (Fsp3) is 0.333. The van der Waals surface area contributed by atoms with Gasteiger partial charge in [-0.05, 0) is 24.6 Å². The number of benzene rings is 1. The average Bonchev–Trinajstić information content (AvgIpc) is 2.46. The minimum absolute atomic E-state index is 0.130. The Morgan fingerprint density at radius 1 is 1.40 bits per heavy atom. The smallest absolute Gasteiger partial charge is 0.307 e. The minimum atomic E-state index is -0.372. The quantitative estimate of drug-likeness (QED) is 0.624. The Labute approximate surface area is 117 Å². The van der Waals surface area contributed by atoms with Gasteiger partial charge >= 0.3 is 5.97 Å². The molecule has 0 atom stereocenters. The molecule has 0 saturated heterocycles. The van der Waals surface area contributed by atoms with Crippen molar-refractivity contribution in [3.05, 3.63) is 34.9 Å². The average molecular weight is 275 g/mol. The summed E-state index contributed by atoms with van der Waals surface area (Å²) in [5.74, 6) is 4.69. The SMILES string of the molecule is COC(=O)CCNC(=O)c1ccc(C)c(C#CCO)c1. The van der Waals surface area contributed by atoms with Crippen molar-refractivity contribution >= 4 is 11.9 Å². The van der Waals surface area contributed by atoms with E-state index in [-0.39, 0.29) is 31.4 Å². The third-order valence-electron chi connectivity index (χ3n) is 2.64. The molecule has 0 aliphatic heterocycles. The van der Waals surface area contributed by atoms with E-state index in [1.165, 1.54) is 7.11 Å². The molecule has 0 bridgehead atoms. The zero-order valence-electron chi connectivity index (χ0n) is 11.5. The van der Waals surface area contributed by atoms with Gasteiger partial charge in [0.15, 0.2) is 0 Å². The molecule has 1 aromatic carbocycles. The molecule has 0 saturated carbocycles. The highest BCUT2D eigenvalue weighted by atomic mass is 16.5. The lowest BCUT2D eigenvalue weighted by Gasteiger charge is -2.06. The summed E-state index contributed by atoms with van der Waals surface area (Å²) in [5, 5.41) is 11.3. The Bertz CT molecular complexity index is 555. The van der Waals surface area contributed by atoms with Crippen molar-refractivity contribution < 1.29 is 19.4 Å². The number of esters is 1. The summed E-state index contributed by atoms with van der Waals surface area (Å²) in [6.45, 7) is 1.87. The summed E-state index contributed by atoms with van der Waals surface area (Å²) in [4.78, 5) is 22.8. The van der Waals surface area contributed by atoms with E-state index in [0.717, 1.165) is 5.56 Å². The van der Waals surface area contributed by atoms with Crippen LogP contribution in [0, 0.1) is 18.8 Å². The number of aliphatic hydroxyl groups is 1. The van der Waals surface area contributed by atoms with Gasteiger partial charge in [-0.1, -0.05) is 17.9 Å². The highest BCUT2D eigenvalue weighted by Crippen LogP contribution is 2.10. The van der Waals surface area contributed by atoms with Gasteiger partial charge in [0, 0.05) is 17.7 Å². The summed E-state index contributed by atoms with van der Waals surface area (Å²) in [6.07, 6.45) is 0.130. The lowest BCUT2D eigenvalue weighted by molar-refractivity contribution is -0.140. The Hall–Kier alpha value is -2.32. The fourth-order valence-electron chi connectivity index (χ4n) is 1.51. The number of rotatable bonds is 4. The van der Waals surface area contributed by atoms with E-state index < -0.39 is 0 Å². The van der Waals surface area contributed by atoms with Crippen molar-refractivity contribution in [2.75, 3.05) is 20.3 Å². The number of hydrogen-bond donors (Lipinski definition) is 2. The summed E-state index contributed by atoms with van der Waals surface area (Å²) in [5.41, 5.74) is 2.08. The predicted molar refractivity (Wildman–Crippen MR) is 74.1 cm³/mol. The lowest BCUT2D eigenvalue weighted by atomic mass is 10.0. The molecular formula is C15H17NO4. The van der Waals surface area contributed by atoms with E-state index >= 15 is 0 Å². The van der Waals surface area contributed by atoms with E-state index in [2.05, 4.69) is 21.9 Å². The first-order valence-electron chi connectivity index (χ1n) is 6.14. The second kappa shape index (κ2) is 7.97. The highest BCUT2D eigenvalue weighted by molar-refractivity contribution is 5.94. The molecule has 5 nitrogen and oxygen atoms in total. The fourth-order valence-corrected chi connectivity index (χ4v) is 1.51. The molecule has 5 heteroatoms. The zero-order valence-corrected chi connectivity index (χ0v) is 11.5. The van der Waals surface area contributed by atoms with Crippen molar-refractivity contribution in [1.29, 1.82) is 0 Å². The molecule has 0 heterocycles. The van der Waals surface area contributed by atoms with Crippen LogP contribution in [0.3, 0.4) is 0 Å². The molecule has 2 N–H and O–H groups in total. The highest BCUT2D eigenvalue weighted by Gasteiger charge is 2.08. The van der Waals surface area contributed by atoms with Crippen LogP contribution >= 0.6 is 0 Å². The Balaban J connectivity index is 2.71. The van der Waals surface area contributed by atoms with E-state index in [1.807, 2.05) is 6.92 Å². The van der Waals surface area contributed by atoms with Gasteiger partial charge in [-0.2, -0.15) is 0 Å². The van der Waals surface area contributed by atoms with E-state index in [0.29, 0.717) is 11.1 Å². The van der Waals surface area contributed by atoms with E-state index in [9.17, 15) is 9.59 Å². The molecule has 1 aromatic rings. The second-order valence-corrected chi connectivity index (χ2v) is 4.07. The van der Waals surface area contributed by atoms with Crippen LogP contribution in [0.25, 0.3) is 0 Å². The normalized spacial score (nSPS) is 9.35. The largest absolute Gasteiger partial charge is 0.469 e. The maximum Gasteiger partial charge on any atom is 0.307 e. The number of amides is 1. The summed E-state index contributed by atoms with van der Waals surface area (Å²) in [6, 6.07) is 5.13. The van der Waals surface area contributed by atoms with Crippen LogP contribution in [0.2, 0.25) is 0 Å². The van der Waals surface area contributed by atoms with Crippen molar-refractivity contribution in [1.82, 2.24) is 5.32 Å². The molecule has 1 rings (SSSR count). The van der Waals surface area contributed by atoms with Crippen LogP contribution in [0.1, 0.15) is 27.9 Å². The van der Waals surface area contributed by atoms with Crippen LogP contribution in [0.4, 0.5) is 0 Å². The molecule has 0 aliphatic rings. The third-order valence-corrected chi connectivity index (χ3v) is 2.64. The number of hydrogen-bond acceptors (Lipinski definition) is 4. The number of carbonyl (C=O) groups is 2. The van der Waals surface area contributed by atoms with Crippen molar-refractivity contribution in [2.45, 2.75) is 13.3 Å². The van der Waals surface area contributed by atoms with Crippen LogP contribution < -0.4 is 5.32 Å². The van der Waals surface area contributed by atoms with Gasteiger partial charge in [-0.3, -0.25) is 9.59 Å². The first-order chi connectivity index (χ1) is 9.58. The summed E-state index contributed by atoms with van der Waals surface area (Å²) >= 11 is 0. The number of nitrogens with one attached hydrogen (secondary N) is 1. The molecule has 0 radical (unpaired) electrons. The maximum absolute atomic E-state index is 11.9. The van der Waals surface area contributed by atoms with Crippen molar-refractivity contribution in [2.24, 2.45) is 0 Å². The lowest BCUT2D eigenvalue weighted by Crippen LogP contribution is -2.26. The molecule has 106 valence electrons. The zero-order chi connectivity index (χ0) is 15.0. The van der Waals surface area contributed by atoms with Crippen molar-refractivity contribution in [3.63, 3.8) is 0 Å². The van der Waals surface area contributed by atoms with Crippen LogP contribution in [0.15, 0.2) is 18.2 Å². The number of methoxy groups -OCH3 is 1. The van der Waals surface area contributed by atoms with Gasteiger partial charge in [0.25, 0.3) is 5.91 Å². The third kappa shape index (κ3) is 4.75. The van der Waals surface area contributed by atoms with Gasteiger partial charge in [0.1, 0.15) is 6.61 Å². The van der Waals surface area contributed by atoms with Gasteiger partial charge in [-0.15, -0.1) is 0 Å². The molecule has 20 heavy (non-hydrogen) atoms. The van der Waals surface area contributed by atoms with Gasteiger partial charge < -0.3 is 15.2 Å². The Kier molecular flexibility index (Phi) is 6.27. The monoisotopic (exact) mass is 275 g/mol. The van der Waals surface area contributed by atoms with E-state index in [4.69, 9.17) is 5.11 Å². The molecule has 0 aliphatic carbocycles. The summed E-state index contributed by atoms with van der Waals surface area (Å²) < 4.78 is 4.48. The second-order valence-electron chi connectivity index (χ2n) is 4.07. The maximum atomic E-state index is 11.9. The number of aliphatic hydroxyl groups excluding tert-OH is 1. The predicted octanol–water partition coefficient (Wildman–Crippen LogP) is 0.632. The minimum Gasteiger partial charge on any atom is -0.469 e.